The van der Waals surface area contributed by atoms with Gasteiger partial charge in [0.1, 0.15) is 0 Å². The highest BCUT2D eigenvalue weighted by atomic mass is 16.5. The molecule has 2 aromatic carbocycles. The predicted molar refractivity (Wildman–Crippen MR) is 94.5 cm³/mol. The number of hydrogen-bond donors (Lipinski definition) is 2. The normalized spacial score (nSPS) is 21.5. The maximum absolute atomic E-state index is 10.3. The molecule has 0 spiro atoms. The lowest BCUT2D eigenvalue weighted by Crippen LogP contribution is -2.32. The number of hydrogen-bond acceptors (Lipinski definition) is 4. The molecule has 4 nitrogen and oxygen atoms in total. The third-order valence-electron chi connectivity index (χ3n) is 4.73. The molecule has 0 amide bonds. The minimum absolute atomic E-state index is 0.174. The maximum Gasteiger partial charge on any atom is 0.0587 e. The van der Waals surface area contributed by atoms with Crippen molar-refractivity contribution in [3.8, 4) is 0 Å². The van der Waals surface area contributed by atoms with Crippen molar-refractivity contribution in [3.63, 3.8) is 0 Å². The third kappa shape index (κ3) is 4.65. The van der Waals surface area contributed by atoms with E-state index in [1.165, 1.54) is 10.6 Å². The molecule has 3 rings (SSSR count). The fraction of sp³-hybridized carbons (Fsp3) is 0.400. The van der Waals surface area contributed by atoms with E-state index in [4.69, 9.17) is 0 Å². The maximum atomic E-state index is 10.3. The third-order valence-corrected chi connectivity index (χ3v) is 4.73. The first-order chi connectivity index (χ1) is 11.7. The molecule has 0 bridgehead atoms. The highest BCUT2D eigenvalue weighted by Gasteiger charge is 2.32. The van der Waals surface area contributed by atoms with Crippen LogP contribution < -0.4 is 0 Å². The fourth-order valence-electron chi connectivity index (χ4n) is 3.58. The largest absolute Gasteiger partial charge is 0.395 e. The zero-order valence-electron chi connectivity index (χ0n) is 14.0. The number of likely N-dealkylation sites (tertiary alicyclic amines) is 1. The van der Waals surface area contributed by atoms with Crippen LogP contribution in [0.25, 0.3) is 0 Å². The van der Waals surface area contributed by atoms with E-state index >= 15 is 0 Å². The van der Waals surface area contributed by atoms with Crippen LogP contribution in [0.15, 0.2) is 60.7 Å². The number of aliphatic hydroxyl groups is 1. The summed E-state index contributed by atoms with van der Waals surface area (Å²) >= 11 is 0. The minimum Gasteiger partial charge on any atom is -0.395 e. The van der Waals surface area contributed by atoms with Crippen molar-refractivity contribution in [2.24, 2.45) is 5.92 Å². The zero-order valence-corrected chi connectivity index (χ0v) is 14.0. The summed E-state index contributed by atoms with van der Waals surface area (Å²) in [4.78, 5) is 2.33. The Morgan fingerprint density at radius 3 is 2.21 bits per heavy atom. The van der Waals surface area contributed by atoms with Gasteiger partial charge in [0, 0.05) is 32.2 Å². The Labute approximate surface area is 143 Å². The molecule has 1 aliphatic heterocycles. The summed E-state index contributed by atoms with van der Waals surface area (Å²) in [7, 11) is 0. The van der Waals surface area contributed by atoms with E-state index in [9.17, 15) is 10.3 Å². The Morgan fingerprint density at radius 2 is 1.58 bits per heavy atom. The lowest BCUT2D eigenvalue weighted by atomic mass is 10.1. The van der Waals surface area contributed by atoms with E-state index in [2.05, 4.69) is 17.0 Å². The van der Waals surface area contributed by atoms with Gasteiger partial charge in [-0.15, -0.1) is 0 Å². The van der Waals surface area contributed by atoms with E-state index in [-0.39, 0.29) is 12.6 Å². The van der Waals surface area contributed by atoms with E-state index in [0.29, 0.717) is 19.0 Å². The first kappa shape index (κ1) is 17.1. The van der Waals surface area contributed by atoms with Crippen LogP contribution >= 0.6 is 0 Å². The van der Waals surface area contributed by atoms with Gasteiger partial charge in [-0.25, -0.2) is 0 Å². The molecule has 2 N–H and O–H groups in total. The van der Waals surface area contributed by atoms with E-state index in [0.717, 1.165) is 25.1 Å². The molecule has 24 heavy (non-hydrogen) atoms. The molecule has 1 heterocycles. The van der Waals surface area contributed by atoms with Crippen LogP contribution in [-0.4, -0.2) is 46.0 Å². The molecule has 1 fully saturated rings. The lowest BCUT2D eigenvalue weighted by Gasteiger charge is -2.22. The first-order valence-electron chi connectivity index (χ1n) is 8.61. The van der Waals surface area contributed by atoms with Crippen molar-refractivity contribution in [2.75, 3.05) is 19.7 Å². The lowest BCUT2D eigenvalue weighted by molar-refractivity contribution is -0.109. The molecular weight excluding hydrogens is 300 g/mol. The second-order valence-corrected chi connectivity index (χ2v) is 6.69. The molecule has 2 aromatic rings. The molecule has 1 aliphatic rings. The van der Waals surface area contributed by atoms with Crippen molar-refractivity contribution < 1.29 is 10.3 Å². The van der Waals surface area contributed by atoms with Gasteiger partial charge in [-0.3, -0.25) is 4.90 Å². The monoisotopic (exact) mass is 326 g/mol. The van der Waals surface area contributed by atoms with Gasteiger partial charge in [-0.1, -0.05) is 60.7 Å². The van der Waals surface area contributed by atoms with Crippen molar-refractivity contribution in [1.29, 1.82) is 0 Å². The second kappa shape index (κ2) is 8.40. The molecule has 0 radical (unpaired) electrons. The summed E-state index contributed by atoms with van der Waals surface area (Å²) in [5.41, 5.74) is 2.37. The zero-order chi connectivity index (χ0) is 16.8. The summed E-state index contributed by atoms with van der Waals surface area (Å²) in [6.45, 7) is 3.11. The Bertz CT molecular complexity index is 606. The van der Waals surface area contributed by atoms with Crippen molar-refractivity contribution in [2.45, 2.75) is 25.6 Å². The Kier molecular flexibility index (Phi) is 5.99. The number of nitrogens with zero attached hydrogens (tertiary/aromatic N) is 2. The summed E-state index contributed by atoms with van der Waals surface area (Å²) < 4.78 is 0. The summed E-state index contributed by atoms with van der Waals surface area (Å²) in [5.74, 6) is 0.375. The van der Waals surface area contributed by atoms with Crippen molar-refractivity contribution >= 4 is 0 Å². The number of rotatable bonds is 7. The molecule has 1 saturated heterocycles. The quantitative estimate of drug-likeness (QED) is 0.768. The highest BCUT2D eigenvalue weighted by Crippen LogP contribution is 2.25. The Morgan fingerprint density at radius 1 is 0.958 bits per heavy atom. The van der Waals surface area contributed by atoms with Crippen molar-refractivity contribution in [3.05, 3.63) is 71.8 Å². The Balaban J connectivity index is 1.53. The van der Waals surface area contributed by atoms with E-state index < -0.39 is 0 Å². The van der Waals surface area contributed by atoms with Crippen LogP contribution in [-0.2, 0) is 13.1 Å². The van der Waals surface area contributed by atoms with Gasteiger partial charge in [0.05, 0.1) is 6.61 Å². The molecular formula is C20H26N2O2. The minimum atomic E-state index is 0.174. The van der Waals surface area contributed by atoms with Gasteiger partial charge in [-0.05, 0) is 23.5 Å². The van der Waals surface area contributed by atoms with E-state index in [1.807, 2.05) is 48.5 Å². The van der Waals surface area contributed by atoms with Crippen LogP contribution in [0.1, 0.15) is 17.5 Å². The van der Waals surface area contributed by atoms with Gasteiger partial charge in [0.25, 0.3) is 0 Å². The van der Waals surface area contributed by atoms with Gasteiger partial charge >= 0.3 is 0 Å². The van der Waals surface area contributed by atoms with Crippen LogP contribution in [0.4, 0.5) is 0 Å². The van der Waals surface area contributed by atoms with Gasteiger partial charge in [0.2, 0.25) is 0 Å². The molecule has 4 heteroatoms. The first-order valence-corrected chi connectivity index (χ1v) is 8.61. The molecule has 128 valence electrons. The molecule has 2 atom stereocenters. The number of hydroxylamine groups is 2. The van der Waals surface area contributed by atoms with Crippen LogP contribution in [0, 0.1) is 5.92 Å². The van der Waals surface area contributed by atoms with Crippen LogP contribution in [0.3, 0.4) is 0 Å². The standard InChI is InChI=1S/C20H26N2O2/c23-16-20-11-19(13-21(20)12-17-7-3-1-4-8-17)15-22(24)14-18-9-5-2-6-10-18/h1-10,19-20,23-24H,11-16H2/t19-,20+/m1/s1. The molecule has 0 saturated carbocycles. The number of aliphatic hydroxyl groups excluding tert-OH is 1. The molecule has 0 aliphatic carbocycles. The smallest absolute Gasteiger partial charge is 0.0587 e. The second-order valence-electron chi connectivity index (χ2n) is 6.69. The average Bonchev–Trinajstić information content (AvgIpc) is 2.98. The van der Waals surface area contributed by atoms with Crippen LogP contribution in [0.5, 0.6) is 0 Å². The fourth-order valence-corrected chi connectivity index (χ4v) is 3.58. The SMILES string of the molecule is OC[C@@H]1C[C@@H](CN(O)Cc2ccccc2)CN1Cc1ccccc1. The summed E-state index contributed by atoms with van der Waals surface area (Å²) in [5, 5.41) is 21.3. The summed E-state index contributed by atoms with van der Waals surface area (Å²) in [6, 6.07) is 20.5. The molecule has 0 aromatic heterocycles. The average molecular weight is 326 g/mol. The Hall–Kier alpha value is -1.72. The van der Waals surface area contributed by atoms with E-state index in [1.54, 1.807) is 0 Å². The van der Waals surface area contributed by atoms with Gasteiger partial charge in [-0.2, -0.15) is 5.06 Å². The highest BCUT2D eigenvalue weighted by molar-refractivity contribution is 5.15. The molecule has 0 unspecified atom stereocenters. The predicted octanol–water partition coefficient (Wildman–Crippen LogP) is 2.76. The van der Waals surface area contributed by atoms with Crippen LogP contribution in [0.2, 0.25) is 0 Å². The number of benzene rings is 2. The topological polar surface area (TPSA) is 46.9 Å². The van der Waals surface area contributed by atoms with Crippen molar-refractivity contribution in [1.82, 2.24) is 9.96 Å². The summed E-state index contributed by atoms with van der Waals surface area (Å²) in [6.07, 6.45) is 0.926. The van der Waals surface area contributed by atoms with Gasteiger partial charge in [0.15, 0.2) is 0 Å². The van der Waals surface area contributed by atoms with Gasteiger partial charge < -0.3 is 10.3 Å².